The van der Waals surface area contributed by atoms with Crippen LogP contribution in [0.2, 0.25) is 0 Å². The minimum absolute atomic E-state index is 0.0448. The summed E-state index contributed by atoms with van der Waals surface area (Å²) in [5.74, 6) is -0.572. The van der Waals surface area contributed by atoms with Crippen LogP contribution in [0.25, 0.3) is 0 Å². The molecule has 7 nitrogen and oxygen atoms in total. The summed E-state index contributed by atoms with van der Waals surface area (Å²) in [5.41, 5.74) is 1.13. The lowest BCUT2D eigenvalue weighted by Crippen LogP contribution is -2.34. The summed E-state index contributed by atoms with van der Waals surface area (Å²) in [6, 6.07) is 9.85. The average molecular weight is 357 g/mol. The van der Waals surface area contributed by atoms with Gasteiger partial charge in [-0.3, -0.25) is 14.4 Å². The molecule has 0 aliphatic heterocycles. The largest absolute Gasteiger partial charge is 0.459 e. The van der Waals surface area contributed by atoms with Gasteiger partial charge in [-0.15, -0.1) is 0 Å². The van der Waals surface area contributed by atoms with E-state index in [4.69, 9.17) is 4.42 Å². The van der Waals surface area contributed by atoms with Crippen molar-refractivity contribution in [2.24, 2.45) is 0 Å². The van der Waals surface area contributed by atoms with Gasteiger partial charge in [-0.25, -0.2) is 0 Å². The van der Waals surface area contributed by atoms with Gasteiger partial charge in [-0.2, -0.15) is 0 Å². The molecule has 0 aliphatic rings. The minimum Gasteiger partial charge on any atom is -0.459 e. The molecule has 1 aromatic heterocycles. The van der Waals surface area contributed by atoms with Crippen LogP contribution in [0.15, 0.2) is 47.1 Å². The number of likely N-dealkylation sites (N-methyl/N-ethyl adjacent to an activating group) is 1. The number of nitrogens with zero attached hydrogens (tertiary/aromatic N) is 2. The van der Waals surface area contributed by atoms with Crippen molar-refractivity contribution < 1.29 is 18.8 Å². The molecule has 0 unspecified atom stereocenters. The smallest absolute Gasteiger partial charge is 0.289 e. The maximum atomic E-state index is 12.3. The zero-order valence-electron chi connectivity index (χ0n) is 15.2. The van der Waals surface area contributed by atoms with Crippen LogP contribution in [-0.4, -0.2) is 54.2 Å². The van der Waals surface area contributed by atoms with Crippen LogP contribution >= 0.6 is 0 Å². The quantitative estimate of drug-likeness (QED) is 0.825. The molecule has 1 N–H and O–H groups in total. The van der Waals surface area contributed by atoms with E-state index in [0.29, 0.717) is 24.3 Å². The summed E-state index contributed by atoms with van der Waals surface area (Å²) in [6.45, 7) is 5.03. The first-order valence-corrected chi connectivity index (χ1v) is 8.44. The predicted molar refractivity (Wildman–Crippen MR) is 98.0 cm³/mol. The highest BCUT2D eigenvalue weighted by atomic mass is 16.3. The lowest BCUT2D eigenvalue weighted by atomic mass is 10.1. The van der Waals surface area contributed by atoms with Crippen molar-refractivity contribution in [2.45, 2.75) is 13.8 Å². The van der Waals surface area contributed by atoms with Crippen molar-refractivity contribution in [1.82, 2.24) is 9.80 Å². The van der Waals surface area contributed by atoms with Gasteiger partial charge in [0.05, 0.1) is 12.8 Å². The van der Waals surface area contributed by atoms with E-state index in [0.717, 1.165) is 0 Å². The van der Waals surface area contributed by atoms with E-state index in [2.05, 4.69) is 5.32 Å². The number of hydrogen-bond donors (Lipinski definition) is 1. The van der Waals surface area contributed by atoms with Crippen molar-refractivity contribution in [3.8, 4) is 0 Å². The maximum Gasteiger partial charge on any atom is 0.289 e. The Kier molecular flexibility index (Phi) is 6.54. The Morgan fingerprint density at radius 1 is 1.00 bits per heavy atom. The predicted octanol–water partition coefficient (Wildman–Crippen LogP) is 2.47. The van der Waals surface area contributed by atoms with Crippen molar-refractivity contribution in [3.05, 3.63) is 54.0 Å². The van der Waals surface area contributed by atoms with Crippen molar-refractivity contribution in [1.29, 1.82) is 0 Å². The van der Waals surface area contributed by atoms with Crippen molar-refractivity contribution >= 4 is 23.4 Å². The number of carbonyl (C=O) groups is 3. The highest BCUT2D eigenvalue weighted by molar-refractivity contribution is 5.98. The molecular weight excluding hydrogens is 334 g/mol. The van der Waals surface area contributed by atoms with E-state index < -0.39 is 0 Å². The Labute approximate surface area is 152 Å². The Morgan fingerprint density at radius 3 is 2.19 bits per heavy atom. The first kappa shape index (κ1) is 19.2. The molecule has 0 fully saturated rings. The minimum atomic E-state index is -0.370. The third-order valence-corrected chi connectivity index (χ3v) is 3.93. The van der Waals surface area contributed by atoms with E-state index in [9.17, 15) is 14.4 Å². The Balaban J connectivity index is 1.93. The van der Waals surface area contributed by atoms with Gasteiger partial charge in [0.2, 0.25) is 5.91 Å². The SMILES string of the molecule is CCN(CC)C(=O)c1ccc(NC(=O)CN(C)C(=O)c2ccco2)cc1. The van der Waals surface area contributed by atoms with Gasteiger partial charge >= 0.3 is 0 Å². The molecule has 0 atom stereocenters. The van der Waals surface area contributed by atoms with Crippen molar-refractivity contribution in [2.75, 3.05) is 32.0 Å². The number of benzene rings is 1. The molecule has 0 spiro atoms. The molecule has 0 aliphatic carbocycles. The third kappa shape index (κ3) is 4.72. The van der Waals surface area contributed by atoms with Crippen molar-refractivity contribution in [3.63, 3.8) is 0 Å². The third-order valence-electron chi connectivity index (χ3n) is 3.93. The maximum absolute atomic E-state index is 12.3. The second-order valence-corrected chi connectivity index (χ2v) is 5.74. The molecule has 1 aromatic carbocycles. The van der Waals surface area contributed by atoms with Crippen LogP contribution in [0.3, 0.4) is 0 Å². The standard InChI is InChI=1S/C19H23N3O4/c1-4-22(5-2)18(24)14-8-10-15(11-9-14)20-17(23)13-21(3)19(25)16-7-6-12-26-16/h6-12H,4-5,13H2,1-3H3,(H,20,23). The Morgan fingerprint density at radius 2 is 1.65 bits per heavy atom. The first-order valence-electron chi connectivity index (χ1n) is 8.44. The summed E-state index contributed by atoms with van der Waals surface area (Å²) < 4.78 is 5.03. The molecule has 26 heavy (non-hydrogen) atoms. The fraction of sp³-hybridized carbons (Fsp3) is 0.316. The normalized spacial score (nSPS) is 10.3. The zero-order chi connectivity index (χ0) is 19.1. The fourth-order valence-electron chi connectivity index (χ4n) is 2.47. The number of carbonyl (C=O) groups excluding carboxylic acids is 3. The van der Waals surface area contributed by atoms with Crippen LogP contribution in [0, 0.1) is 0 Å². The van der Waals surface area contributed by atoms with Gasteiger partial charge in [0.15, 0.2) is 5.76 Å². The van der Waals surface area contributed by atoms with Crippen LogP contribution in [0.5, 0.6) is 0 Å². The second-order valence-electron chi connectivity index (χ2n) is 5.74. The molecule has 0 saturated carbocycles. The monoisotopic (exact) mass is 357 g/mol. The van der Waals surface area contributed by atoms with Crippen LogP contribution in [-0.2, 0) is 4.79 Å². The summed E-state index contributed by atoms with van der Waals surface area (Å²) in [5, 5.41) is 2.71. The molecule has 7 heteroatoms. The molecule has 1 heterocycles. The lowest BCUT2D eigenvalue weighted by molar-refractivity contribution is -0.116. The van der Waals surface area contributed by atoms with Crippen LogP contribution in [0.4, 0.5) is 5.69 Å². The highest BCUT2D eigenvalue weighted by Crippen LogP contribution is 2.12. The number of hydrogen-bond acceptors (Lipinski definition) is 4. The molecular formula is C19H23N3O4. The molecule has 138 valence electrons. The van der Waals surface area contributed by atoms with Gasteiger partial charge in [-0.05, 0) is 50.2 Å². The summed E-state index contributed by atoms with van der Waals surface area (Å²) in [7, 11) is 1.52. The highest BCUT2D eigenvalue weighted by Gasteiger charge is 2.17. The van der Waals surface area contributed by atoms with E-state index in [1.807, 2.05) is 13.8 Å². The molecule has 0 saturated heterocycles. The van der Waals surface area contributed by atoms with Crippen LogP contribution < -0.4 is 5.32 Å². The van der Waals surface area contributed by atoms with Gasteiger partial charge in [0.1, 0.15) is 0 Å². The van der Waals surface area contributed by atoms with E-state index in [1.54, 1.807) is 41.3 Å². The molecule has 2 aromatic rings. The topological polar surface area (TPSA) is 82.9 Å². The van der Waals surface area contributed by atoms with E-state index >= 15 is 0 Å². The van der Waals surface area contributed by atoms with E-state index in [-0.39, 0.29) is 30.0 Å². The number of furan rings is 1. The fourth-order valence-corrected chi connectivity index (χ4v) is 2.47. The van der Waals surface area contributed by atoms with Gasteiger partial charge in [0, 0.05) is 31.4 Å². The second kappa shape index (κ2) is 8.84. The van der Waals surface area contributed by atoms with Gasteiger partial charge in [0.25, 0.3) is 11.8 Å². The molecule has 3 amide bonds. The number of amides is 3. The van der Waals surface area contributed by atoms with Gasteiger partial charge in [-0.1, -0.05) is 0 Å². The summed E-state index contributed by atoms with van der Waals surface area (Å²) >= 11 is 0. The molecule has 0 radical (unpaired) electrons. The Bertz CT molecular complexity index is 750. The average Bonchev–Trinajstić information content (AvgIpc) is 3.17. The lowest BCUT2D eigenvalue weighted by Gasteiger charge is -2.19. The van der Waals surface area contributed by atoms with Gasteiger partial charge < -0.3 is 19.5 Å². The van der Waals surface area contributed by atoms with Crippen LogP contribution in [0.1, 0.15) is 34.8 Å². The summed E-state index contributed by atoms with van der Waals surface area (Å²) in [6.07, 6.45) is 1.40. The molecule has 2 rings (SSSR count). The number of rotatable bonds is 7. The number of anilines is 1. The number of nitrogens with one attached hydrogen (secondary N) is 1. The molecule has 0 bridgehead atoms. The van der Waals surface area contributed by atoms with E-state index in [1.165, 1.54) is 18.2 Å². The first-order chi connectivity index (χ1) is 12.5. The zero-order valence-corrected chi connectivity index (χ0v) is 15.2. The summed E-state index contributed by atoms with van der Waals surface area (Å²) in [4.78, 5) is 39.4. The Hall–Kier alpha value is -3.09.